The van der Waals surface area contributed by atoms with Gasteiger partial charge in [0.2, 0.25) is 11.8 Å². The number of aliphatic imine (C=N–C) groups is 2. The molecule has 0 unspecified atom stereocenters. The van der Waals surface area contributed by atoms with Gasteiger partial charge in [-0.05, 0) is 38.1 Å². The molecule has 0 aromatic heterocycles. The van der Waals surface area contributed by atoms with E-state index in [4.69, 9.17) is 4.74 Å². The first kappa shape index (κ1) is 17.5. The summed E-state index contributed by atoms with van der Waals surface area (Å²) in [4.78, 5) is 34.1. The number of para-hydroxylation sites is 1. The summed E-state index contributed by atoms with van der Waals surface area (Å²) >= 11 is 0. The third kappa shape index (κ3) is 3.85. The Labute approximate surface area is 151 Å². The molecular formula is C20H19N3O3. The minimum Gasteiger partial charge on any atom is -0.415 e. The van der Waals surface area contributed by atoms with E-state index in [1.807, 2.05) is 62.4 Å². The molecule has 3 rings (SSSR count). The van der Waals surface area contributed by atoms with Crippen LogP contribution in [0.25, 0.3) is 0 Å². The predicted octanol–water partition coefficient (Wildman–Crippen LogP) is 2.83. The quantitative estimate of drug-likeness (QED) is 0.833. The fourth-order valence-electron chi connectivity index (χ4n) is 2.64. The van der Waals surface area contributed by atoms with Gasteiger partial charge in [0.25, 0.3) is 5.90 Å². The van der Waals surface area contributed by atoms with E-state index in [9.17, 15) is 9.59 Å². The largest absolute Gasteiger partial charge is 0.415 e. The molecule has 132 valence electrons. The molecule has 6 nitrogen and oxygen atoms in total. The summed E-state index contributed by atoms with van der Waals surface area (Å²) in [5.41, 5.74) is 1.47. The molecular weight excluding hydrogens is 330 g/mol. The molecule has 0 atom stereocenters. The normalized spacial score (nSPS) is 15.1. The average molecular weight is 349 g/mol. The van der Waals surface area contributed by atoms with E-state index in [2.05, 4.69) is 9.98 Å². The Balaban J connectivity index is 1.71. The first-order chi connectivity index (χ1) is 12.6. The van der Waals surface area contributed by atoms with E-state index in [-0.39, 0.29) is 30.3 Å². The van der Waals surface area contributed by atoms with Crippen LogP contribution >= 0.6 is 0 Å². The Hall–Kier alpha value is -3.28. The van der Waals surface area contributed by atoms with Crippen LogP contribution in [0.3, 0.4) is 0 Å². The highest BCUT2D eigenvalue weighted by Crippen LogP contribution is 2.17. The molecule has 2 aromatic carbocycles. The first-order valence-electron chi connectivity index (χ1n) is 8.34. The predicted molar refractivity (Wildman–Crippen MR) is 100 cm³/mol. The van der Waals surface area contributed by atoms with Crippen molar-refractivity contribution in [3.63, 3.8) is 0 Å². The van der Waals surface area contributed by atoms with Gasteiger partial charge in [-0.2, -0.15) is 4.99 Å². The first-order valence-corrected chi connectivity index (χ1v) is 8.34. The number of benzene rings is 2. The number of anilines is 1. The standard InChI is InChI=1S/C20H19N3O3/c1-14(2)23(16-11-7-4-8-12-16)17(24)13-21-20-18(25)22-19(26-20)15-9-5-3-6-10-15/h3-12,14H,13H2,1-2H3. The summed E-state index contributed by atoms with van der Waals surface area (Å²) in [6, 6.07) is 18.4. The van der Waals surface area contributed by atoms with E-state index < -0.39 is 5.91 Å². The summed E-state index contributed by atoms with van der Waals surface area (Å²) < 4.78 is 5.44. The number of hydrogen-bond acceptors (Lipinski definition) is 4. The van der Waals surface area contributed by atoms with Crippen LogP contribution in [0.15, 0.2) is 70.6 Å². The van der Waals surface area contributed by atoms with E-state index in [0.717, 1.165) is 5.69 Å². The van der Waals surface area contributed by atoms with Gasteiger partial charge >= 0.3 is 5.91 Å². The molecule has 2 aromatic rings. The van der Waals surface area contributed by atoms with Crippen molar-refractivity contribution in [2.24, 2.45) is 9.98 Å². The Morgan fingerprint density at radius 1 is 1.08 bits per heavy atom. The SMILES string of the molecule is CC(C)N(C(=O)CN=C1OC(c2ccccc2)=NC1=O)c1ccccc1. The number of carbonyl (C=O) groups excluding carboxylic acids is 2. The summed E-state index contributed by atoms with van der Waals surface area (Å²) in [6.45, 7) is 3.66. The molecule has 0 spiro atoms. The number of rotatable bonds is 5. The zero-order valence-electron chi connectivity index (χ0n) is 14.6. The minimum atomic E-state index is -0.576. The molecule has 0 aliphatic carbocycles. The van der Waals surface area contributed by atoms with Gasteiger partial charge in [0.15, 0.2) is 0 Å². The van der Waals surface area contributed by atoms with Gasteiger partial charge in [0.1, 0.15) is 6.54 Å². The van der Waals surface area contributed by atoms with E-state index in [1.165, 1.54) is 0 Å². The molecule has 1 heterocycles. The van der Waals surface area contributed by atoms with Crippen molar-refractivity contribution < 1.29 is 14.3 Å². The summed E-state index contributed by atoms with van der Waals surface area (Å²) in [5.74, 6) is -0.754. The fourth-order valence-corrected chi connectivity index (χ4v) is 2.64. The Bertz CT molecular complexity index is 858. The molecule has 2 amide bonds. The highest BCUT2D eigenvalue weighted by Gasteiger charge is 2.26. The van der Waals surface area contributed by atoms with Gasteiger partial charge in [0.05, 0.1) is 0 Å². The Kier molecular flexibility index (Phi) is 5.22. The van der Waals surface area contributed by atoms with Crippen LogP contribution in [0.2, 0.25) is 0 Å². The molecule has 0 fully saturated rings. The monoisotopic (exact) mass is 349 g/mol. The second-order valence-electron chi connectivity index (χ2n) is 6.00. The molecule has 0 saturated heterocycles. The second-order valence-corrected chi connectivity index (χ2v) is 6.00. The maximum atomic E-state index is 12.6. The minimum absolute atomic E-state index is 0.0403. The summed E-state index contributed by atoms with van der Waals surface area (Å²) in [6.07, 6.45) is 0. The van der Waals surface area contributed by atoms with Crippen LogP contribution in [0.1, 0.15) is 19.4 Å². The lowest BCUT2D eigenvalue weighted by Crippen LogP contribution is -2.38. The van der Waals surface area contributed by atoms with Crippen LogP contribution in [-0.4, -0.2) is 36.2 Å². The lowest BCUT2D eigenvalue weighted by molar-refractivity contribution is -0.117. The molecule has 0 bridgehead atoms. The number of nitrogens with zero attached hydrogens (tertiary/aromatic N) is 3. The van der Waals surface area contributed by atoms with Crippen molar-refractivity contribution in [3.05, 3.63) is 66.2 Å². The van der Waals surface area contributed by atoms with Gasteiger partial charge in [0, 0.05) is 17.3 Å². The third-order valence-electron chi connectivity index (χ3n) is 3.78. The summed E-state index contributed by atoms with van der Waals surface area (Å²) in [5, 5.41) is 0. The van der Waals surface area contributed by atoms with Crippen molar-refractivity contribution in [2.75, 3.05) is 11.4 Å². The van der Waals surface area contributed by atoms with Crippen molar-refractivity contribution in [3.8, 4) is 0 Å². The zero-order valence-corrected chi connectivity index (χ0v) is 14.6. The molecule has 1 aliphatic heterocycles. The van der Waals surface area contributed by atoms with E-state index in [1.54, 1.807) is 17.0 Å². The molecule has 6 heteroatoms. The van der Waals surface area contributed by atoms with Crippen LogP contribution < -0.4 is 4.90 Å². The molecule has 0 saturated carbocycles. The topological polar surface area (TPSA) is 71.3 Å². The van der Waals surface area contributed by atoms with Crippen LogP contribution in [0.4, 0.5) is 5.69 Å². The lowest BCUT2D eigenvalue weighted by atomic mass is 10.2. The summed E-state index contributed by atoms with van der Waals surface area (Å²) in [7, 11) is 0. The van der Waals surface area contributed by atoms with Crippen LogP contribution in [-0.2, 0) is 14.3 Å². The van der Waals surface area contributed by atoms with Gasteiger partial charge in [-0.3, -0.25) is 9.59 Å². The maximum absolute atomic E-state index is 12.6. The zero-order chi connectivity index (χ0) is 18.5. The highest BCUT2D eigenvalue weighted by atomic mass is 16.5. The van der Waals surface area contributed by atoms with Crippen LogP contribution in [0, 0.1) is 0 Å². The number of amides is 2. The Morgan fingerprint density at radius 2 is 1.69 bits per heavy atom. The van der Waals surface area contributed by atoms with Gasteiger partial charge in [-0.15, -0.1) is 0 Å². The van der Waals surface area contributed by atoms with Gasteiger partial charge < -0.3 is 9.64 Å². The van der Waals surface area contributed by atoms with Crippen molar-refractivity contribution in [2.45, 2.75) is 19.9 Å². The highest BCUT2D eigenvalue weighted by molar-refractivity contribution is 6.43. The lowest BCUT2D eigenvalue weighted by Gasteiger charge is -2.26. The number of ether oxygens (including phenoxy) is 1. The molecule has 1 aliphatic rings. The van der Waals surface area contributed by atoms with Gasteiger partial charge in [-0.1, -0.05) is 36.4 Å². The smallest absolute Gasteiger partial charge is 0.335 e. The van der Waals surface area contributed by atoms with Gasteiger partial charge in [-0.25, -0.2) is 4.99 Å². The average Bonchev–Trinajstić information content (AvgIpc) is 3.02. The van der Waals surface area contributed by atoms with Crippen molar-refractivity contribution in [1.29, 1.82) is 0 Å². The Morgan fingerprint density at radius 3 is 2.31 bits per heavy atom. The maximum Gasteiger partial charge on any atom is 0.335 e. The third-order valence-corrected chi connectivity index (χ3v) is 3.78. The van der Waals surface area contributed by atoms with Crippen molar-refractivity contribution >= 4 is 29.3 Å². The molecule has 0 radical (unpaired) electrons. The molecule has 0 N–H and O–H groups in total. The van der Waals surface area contributed by atoms with Crippen molar-refractivity contribution in [1.82, 2.24) is 0 Å². The number of hydrogen-bond donors (Lipinski definition) is 0. The number of carbonyl (C=O) groups is 2. The second kappa shape index (κ2) is 7.74. The molecule has 26 heavy (non-hydrogen) atoms. The van der Waals surface area contributed by atoms with Crippen LogP contribution in [0.5, 0.6) is 0 Å². The fraction of sp³-hybridized carbons (Fsp3) is 0.200. The van der Waals surface area contributed by atoms with E-state index >= 15 is 0 Å². The van der Waals surface area contributed by atoms with E-state index in [0.29, 0.717) is 5.56 Å².